The highest BCUT2D eigenvalue weighted by atomic mass is 16.5. The zero-order valence-electron chi connectivity index (χ0n) is 12.1. The first kappa shape index (κ1) is 15.0. The standard InChI is InChI=1S/C15H26N2O/c1-5-13-14(8-7-12(2)17-13)18-10-6-9-15(3,4)11-16/h7-8H,5-6,9-11,16H2,1-4H3. The predicted molar refractivity (Wildman–Crippen MR) is 75.9 cm³/mol. The molecule has 0 radical (unpaired) electrons. The van der Waals surface area contributed by atoms with E-state index < -0.39 is 0 Å². The summed E-state index contributed by atoms with van der Waals surface area (Å²) >= 11 is 0. The van der Waals surface area contributed by atoms with Crippen LogP contribution in [0.4, 0.5) is 0 Å². The Balaban J connectivity index is 2.44. The summed E-state index contributed by atoms with van der Waals surface area (Å²) in [4.78, 5) is 4.49. The van der Waals surface area contributed by atoms with Crippen LogP contribution in [0.2, 0.25) is 0 Å². The van der Waals surface area contributed by atoms with Crippen LogP contribution in [0.15, 0.2) is 12.1 Å². The third-order valence-electron chi connectivity index (χ3n) is 3.21. The highest BCUT2D eigenvalue weighted by Crippen LogP contribution is 2.22. The van der Waals surface area contributed by atoms with Crippen molar-refractivity contribution >= 4 is 0 Å². The van der Waals surface area contributed by atoms with Gasteiger partial charge in [-0.25, -0.2) is 0 Å². The number of ether oxygens (including phenoxy) is 1. The van der Waals surface area contributed by atoms with Gasteiger partial charge < -0.3 is 10.5 Å². The maximum atomic E-state index is 5.82. The second-order valence-corrected chi connectivity index (χ2v) is 5.57. The molecule has 1 aromatic heterocycles. The number of nitrogens with two attached hydrogens (primary N) is 1. The van der Waals surface area contributed by atoms with E-state index in [0.717, 1.165) is 49.6 Å². The van der Waals surface area contributed by atoms with Crippen LogP contribution in [0.1, 0.15) is 45.0 Å². The number of aromatic nitrogens is 1. The van der Waals surface area contributed by atoms with Crippen molar-refractivity contribution in [2.45, 2.75) is 47.0 Å². The number of pyridine rings is 1. The summed E-state index contributed by atoms with van der Waals surface area (Å²) in [5.74, 6) is 0.925. The molecule has 0 saturated heterocycles. The molecule has 1 heterocycles. The second kappa shape index (κ2) is 6.74. The summed E-state index contributed by atoms with van der Waals surface area (Å²) in [5, 5.41) is 0. The number of rotatable bonds is 7. The van der Waals surface area contributed by atoms with E-state index in [1.165, 1.54) is 0 Å². The lowest BCUT2D eigenvalue weighted by atomic mass is 9.88. The Morgan fingerprint density at radius 3 is 2.67 bits per heavy atom. The van der Waals surface area contributed by atoms with Crippen LogP contribution in [0, 0.1) is 12.3 Å². The third kappa shape index (κ3) is 4.65. The molecule has 0 bridgehead atoms. The molecule has 3 heteroatoms. The van der Waals surface area contributed by atoms with Crippen LogP contribution in [0.25, 0.3) is 0 Å². The normalized spacial score (nSPS) is 11.6. The molecule has 0 aliphatic carbocycles. The highest BCUT2D eigenvalue weighted by molar-refractivity contribution is 5.29. The summed E-state index contributed by atoms with van der Waals surface area (Å²) < 4.78 is 5.82. The Hall–Kier alpha value is -1.09. The minimum Gasteiger partial charge on any atom is -0.492 e. The molecule has 0 saturated carbocycles. The van der Waals surface area contributed by atoms with Gasteiger partial charge in [0.15, 0.2) is 0 Å². The van der Waals surface area contributed by atoms with Crippen molar-refractivity contribution in [3.05, 3.63) is 23.5 Å². The first-order chi connectivity index (χ1) is 8.48. The van der Waals surface area contributed by atoms with E-state index in [9.17, 15) is 0 Å². The third-order valence-corrected chi connectivity index (χ3v) is 3.21. The van der Waals surface area contributed by atoms with Crippen molar-refractivity contribution in [2.24, 2.45) is 11.1 Å². The van der Waals surface area contributed by atoms with Crippen LogP contribution in [-0.2, 0) is 6.42 Å². The van der Waals surface area contributed by atoms with E-state index in [1.54, 1.807) is 0 Å². The van der Waals surface area contributed by atoms with Gasteiger partial charge in [0.2, 0.25) is 0 Å². The molecule has 0 aliphatic rings. The van der Waals surface area contributed by atoms with Crippen molar-refractivity contribution in [1.82, 2.24) is 4.98 Å². The van der Waals surface area contributed by atoms with E-state index in [-0.39, 0.29) is 5.41 Å². The molecular weight excluding hydrogens is 224 g/mol. The zero-order valence-corrected chi connectivity index (χ0v) is 12.1. The van der Waals surface area contributed by atoms with Gasteiger partial charge in [0.25, 0.3) is 0 Å². The lowest BCUT2D eigenvalue weighted by molar-refractivity contribution is 0.258. The predicted octanol–water partition coefficient (Wildman–Crippen LogP) is 3.10. The largest absolute Gasteiger partial charge is 0.492 e. The van der Waals surface area contributed by atoms with Gasteiger partial charge in [0, 0.05) is 5.69 Å². The van der Waals surface area contributed by atoms with Gasteiger partial charge in [-0.15, -0.1) is 0 Å². The fourth-order valence-corrected chi connectivity index (χ4v) is 1.82. The lowest BCUT2D eigenvalue weighted by Crippen LogP contribution is -2.24. The molecule has 2 N–H and O–H groups in total. The fourth-order valence-electron chi connectivity index (χ4n) is 1.82. The van der Waals surface area contributed by atoms with Gasteiger partial charge in [-0.3, -0.25) is 4.98 Å². The van der Waals surface area contributed by atoms with E-state index in [0.29, 0.717) is 0 Å². The van der Waals surface area contributed by atoms with Gasteiger partial charge in [0.1, 0.15) is 5.75 Å². The van der Waals surface area contributed by atoms with Gasteiger partial charge in [0.05, 0.1) is 12.3 Å². The zero-order chi connectivity index (χ0) is 13.6. The number of hydrogen-bond donors (Lipinski definition) is 1. The average molecular weight is 250 g/mol. The lowest BCUT2D eigenvalue weighted by Gasteiger charge is -2.22. The molecule has 0 aliphatic heterocycles. The Bertz CT molecular complexity index is 375. The smallest absolute Gasteiger partial charge is 0.140 e. The van der Waals surface area contributed by atoms with Gasteiger partial charge in [-0.2, -0.15) is 0 Å². The molecule has 0 aromatic carbocycles. The minimum atomic E-state index is 0.211. The van der Waals surface area contributed by atoms with Crippen LogP contribution in [0.3, 0.4) is 0 Å². The first-order valence-corrected chi connectivity index (χ1v) is 6.78. The quantitative estimate of drug-likeness (QED) is 0.756. The van der Waals surface area contributed by atoms with Crippen LogP contribution < -0.4 is 10.5 Å². The molecule has 0 amide bonds. The Labute approximate surface area is 111 Å². The fraction of sp³-hybridized carbons (Fsp3) is 0.667. The molecule has 0 spiro atoms. The van der Waals surface area contributed by atoms with Crippen molar-refractivity contribution < 1.29 is 4.74 Å². The maximum absolute atomic E-state index is 5.82. The van der Waals surface area contributed by atoms with Crippen molar-refractivity contribution in [1.29, 1.82) is 0 Å². The SMILES string of the molecule is CCc1nc(C)ccc1OCCCC(C)(C)CN. The summed E-state index contributed by atoms with van der Waals surface area (Å²) in [6.07, 6.45) is 3.02. The summed E-state index contributed by atoms with van der Waals surface area (Å²) in [6, 6.07) is 4.02. The molecule has 0 fully saturated rings. The van der Waals surface area contributed by atoms with Crippen molar-refractivity contribution in [3.8, 4) is 5.75 Å². The topological polar surface area (TPSA) is 48.1 Å². The Morgan fingerprint density at radius 1 is 1.33 bits per heavy atom. The molecule has 3 nitrogen and oxygen atoms in total. The van der Waals surface area contributed by atoms with Crippen molar-refractivity contribution in [2.75, 3.05) is 13.2 Å². The highest BCUT2D eigenvalue weighted by Gasteiger charge is 2.14. The van der Waals surface area contributed by atoms with E-state index in [4.69, 9.17) is 10.5 Å². The van der Waals surface area contributed by atoms with Crippen LogP contribution in [0.5, 0.6) is 5.75 Å². The number of aryl methyl sites for hydroxylation is 2. The molecule has 18 heavy (non-hydrogen) atoms. The van der Waals surface area contributed by atoms with E-state index in [1.807, 2.05) is 19.1 Å². The Kier molecular flexibility index (Phi) is 5.60. The summed E-state index contributed by atoms with van der Waals surface area (Å²) in [6.45, 7) is 9.95. The molecule has 1 rings (SSSR count). The second-order valence-electron chi connectivity index (χ2n) is 5.57. The van der Waals surface area contributed by atoms with E-state index in [2.05, 4.69) is 25.8 Å². The van der Waals surface area contributed by atoms with Crippen molar-refractivity contribution in [3.63, 3.8) is 0 Å². The molecule has 1 aromatic rings. The van der Waals surface area contributed by atoms with Gasteiger partial charge in [-0.1, -0.05) is 20.8 Å². The summed E-state index contributed by atoms with van der Waals surface area (Å²) in [7, 11) is 0. The average Bonchev–Trinajstić information content (AvgIpc) is 2.36. The first-order valence-electron chi connectivity index (χ1n) is 6.78. The summed E-state index contributed by atoms with van der Waals surface area (Å²) in [5.41, 5.74) is 8.02. The molecule has 0 unspecified atom stereocenters. The monoisotopic (exact) mass is 250 g/mol. The Morgan fingerprint density at radius 2 is 2.06 bits per heavy atom. The van der Waals surface area contributed by atoms with Gasteiger partial charge >= 0.3 is 0 Å². The maximum Gasteiger partial charge on any atom is 0.140 e. The minimum absolute atomic E-state index is 0.211. The number of nitrogens with zero attached hydrogens (tertiary/aromatic N) is 1. The van der Waals surface area contributed by atoms with Crippen LogP contribution in [-0.4, -0.2) is 18.1 Å². The molecule has 102 valence electrons. The number of hydrogen-bond acceptors (Lipinski definition) is 3. The molecule has 0 atom stereocenters. The van der Waals surface area contributed by atoms with Gasteiger partial charge in [-0.05, 0) is 50.3 Å². The molecular formula is C15H26N2O. The van der Waals surface area contributed by atoms with E-state index >= 15 is 0 Å². The van der Waals surface area contributed by atoms with Crippen LogP contribution >= 0.6 is 0 Å².